The molecule has 2 aromatic rings. The molecule has 1 atom stereocenters. The van der Waals surface area contributed by atoms with E-state index < -0.39 is 0 Å². The van der Waals surface area contributed by atoms with Crippen LogP contribution in [0.1, 0.15) is 6.42 Å². The molecule has 5 heteroatoms. The van der Waals surface area contributed by atoms with E-state index in [1.165, 1.54) is 0 Å². The Kier molecular flexibility index (Phi) is 4.28. The predicted octanol–water partition coefficient (Wildman–Crippen LogP) is 2.69. The van der Waals surface area contributed by atoms with Crippen molar-refractivity contribution in [3.05, 3.63) is 54.6 Å². The van der Waals surface area contributed by atoms with E-state index in [0.717, 1.165) is 5.69 Å². The topological polar surface area (TPSA) is 58.6 Å². The van der Waals surface area contributed by atoms with Gasteiger partial charge in [0.15, 0.2) is 0 Å². The minimum absolute atomic E-state index is 0.0669. The predicted molar refractivity (Wildman–Crippen MR) is 88.5 cm³/mol. The van der Waals surface area contributed by atoms with Gasteiger partial charge in [0.1, 0.15) is 5.75 Å². The van der Waals surface area contributed by atoms with Crippen LogP contribution in [0.4, 0.5) is 11.4 Å². The molecule has 5 nitrogen and oxygen atoms in total. The number of anilines is 2. The second kappa shape index (κ2) is 6.52. The fraction of sp³-hybridized carbons (Fsp3) is 0.222. The lowest BCUT2D eigenvalue weighted by Gasteiger charge is -2.19. The van der Waals surface area contributed by atoms with Crippen molar-refractivity contribution in [1.29, 1.82) is 0 Å². The number of nitrogens with one attached hydrogen (secondary N) is 1. The van der Waals surface area contributed by atoms with E-state index in [1.807, 2.05) is 48.5 Å². The summed E-state index contributed by atoms with van der Waals surface area (Å²) in [7, 11) is 1.57. The lowest BCUT2D eigenvalue weighted by Crippen LogP contribution is -2.28. The molecule has 1 unspecified atom stereocenters. The summed E-state index contributed by atoms with van der Waals surface area (Å²) in [6.07, 6.45) is 0.205. The Hall–Kier alpha value is -2.82. The third kappa shape index (κ3) is 3.18. The molecule has 1 saturated heterocycles. The molecule has 2 aromatic carbocycles. The molecule has 1 aliphatic rings. The van der Waals surface area contributed by atoms with Crippen LogP contribution in [0.3, 0.4) is 0 Å². The van der Waals surface area contributed by atoms with Crippen LogP contribution in [0.25, 0.3) is 0 Å². The van der Waals surface area contributed by atoms with Crippen LogP contribution in [0, 0.1) is 5.92 Å². The Morgan fingerprint density at radius 3 is 2.57 bits per heavy atom. The fourth-order valence-electron chi connectivity index (χ4n) is 2.73. The average molecular weight is 310 g/mol. The number of carbonyl (C=O) groups excluding carboxylic acids is 2. The second-order valence-electron chi connectivity index (χ2n) is 5.43. The molecule has 23 heavy (non-hydrogen) atoms. The van der Waals surface area contributed by atoms with Crippen LogP contribution < -0.4 is 15.0 Å². The van der Waals surface area contributed by atoms with Gasteiger partial charge in [-0.3, -0.25) is 9.59 Å². The van der Waals surface area contributed by atoms with E-state index in [2.05, 4.69) is 5.32 Å². The molecular weight excluding hydrogens is 292 g/mol. The number of hydrogen-bond donors (Lipinski definition) is 1. The van der Waals surface area contributed by atoms with Gasteiger partial charge in [-0.15, -0.1) is 0 Å². The summed E-state index contributed by atoms with van der Waals surface area (Å²) >= 11 is 0. The van der Waals surface area contributed by atoms with Gasteiger partial charge in [-0.25, -0.2) is 0 Å². The Bertz CT molecular complexity index is 715. The van der Waals surface area contributed by atoms with E-state index in [9.17, 15) is 9.59 Å². The summed E-state index contributed by atoms with van der Waals surface area (Å²) in [5, 5.41) is 2.86. The number of ether oxygens (including phenoxy) is 1. The van der Waals surface area contributed by atoms with Gasteiger partial charge < -0.3 is 15.0 Å². The smallest absolute Gasteiger partial charge is 0.229 e. The summed E-state index contributed by atoms with van der Waals surface area (Å²) in [4.78, 5) is 26.3. The zero-order valence-electron chi connectivity index (χ0n) is 12.9. The van der Waals surface area contributed by atoms with E-state index in [-0.39, 0.29) is 24.2 Å². The van der Waals surface area contributed by atoms with Gasteiger partial charge in [0.05, 0.1) is 18.7 Å². The van der Waals surface area contributed by atoms with Gasteiger partial charge in [-0.2, -0.15) is 0 Å². The van der Waals surface area contributed by atoms with Crippen LogP contribution in [-0.4, -0.2) is 25.5 Å². The molecule has 3 rings (SSSR count). The Morgan fingerprint density at radius 1 is 1.13 bits per heavy atom. The maximum Gasteiger partial charge on any atom is 0.229 e. The number of rotatable bonds is 4. The monoisotopic (exact) mass is 310 g/mol. The molecule has 118 valence electrons. The van der Waals surface area contributed by atoms with Gasteiger partial charge in [0, 0.05) is 18.7 Å². The molecule has 1 heterocycles. The van der Waals surface area contributed by atoms with Crippen molar-refractivity contribution in [2.75, 3.05) is 23.9 Å². The zero-order chi connectivity index (χ0) is 16.2. The van der Waals surface area contributed by atoms with Gasteiger partial charge in [0.2, 0.25) is 11.8 Å². The van der Waals surface area contributed by atoms with Crippen molar-refractivity contribution in [1.82, 2.24) is 0 Å². The number of nitrogens with zero attached hydrogens (tertiary/aromatic N) is 1. The average Bonchev–Trinajstić information content (AvgIpc) is 2.97. The quantitative estimate of drug-likeness (QED) is 0.944. The lowest BCUT2D eigenvalue weighted by atomic mass is 10.1. The normalized spacial score (nSPS) is 17.2. The first-order chi connectivity index (χ1) is 11.2. The van der Waals surface area contributed by atoms with Crippen LogP contribution in [0.15, 0.2) is 54.6 Å². The van der Waals surface area contributed by atoms with Crippen molar-refractivity contribution in [2.24, 2.45) is 5.92 Å². The van der Waals surface area contributed by atoms with Crippen molar-refractivity contribution >= 4 is 23.2 Å². The van der Waals surface area contributed by atoms with Gasteiger partial charge in [0.25, 0.3) is 0 Å². The number of hydrogen-bond acceptors (Lipinski definition) is 3. The van der Waals surface area contributed by atoms with Crippen molar-refractivity contribution in [3.63, 3.8) is 0 Å². The van der Waals surface area contributed by atoms with Gasteiger partial charge in [-0.1, -0.05) is 30.3 Å². The molecule has 0 aliphatic carbocycles. The minimum atomic E-state index is -0.368. The summed E-state index contributed by atoms with van der Waals surface area (Å²) < 4.78 is 5.30. The standard InChI is InChI=1S/C18H18N2O3/c1-23-16-10-6-5-9-15(16)20-12-13(11-17(20)21)18(22)19-14-7-3-2-4-8-14/h2-10,13H,11-12H2,1H3,(H,19,22). The Labute approximate surface area is 134 Å². The number of amides is 2. The minimum Gasteiger partial charge on any atom is -0.495 e. The highest BCUT2D eigenvalue weighted by molar-refractivity contribution is 6.04. The summed E-state index contributed by atoms with van der Waals surface area (Å²) in [6, 6.07) is 16.6. The maximum atomic E-state index is 12.4. The highest BCUT2D eigenvalue weighted by Crippen LogP contribution is 2.33. The fourth-order valence-corrected chi connectivity index (χ4v) is 2.73. The van der Waals surface area contributed by atoms with Crippen LogP contribution in [0.5, 0.6) is 5.75 Å². The van der Waals surface area contributed by atoms with E-state index >= 15 is 0 Å². The van der Waals surface area contributed by atoms with Crippen molar-refractivity contribution in [3.8, 4) is 5.75 Å². The van der Waals surface area contributed by atoms with Crippen molar-refractivity contribution < 1.29 is 14.3 Å². The molecule has 1 aliphatic heterocycles. The molecule has 0 saturated carbocycles. The highest BCUT2D eigenvalue weighted by atomic mass is 16.5. The molecule has 0 aromatic heterocycles. The van der Waals surface area contributed by atoms with Gasteiger partial charge in [-0.05, 0) is 24.3 Å². The molecule has 1 fully saturated rings. The first-order valence-electron chi connectivity index (χ1n) is 7.48. The summed E-state index contributed by atoms with van der Waals surface area (Å²) in [5.74, 6) is 0.0576. The molecular formula is C18H18N2O3. The van der Waals surface area contributed by atoms with E-state index in [1.54, 1.807) is 18.1 Å². The van der Waals surface area contributed by atoms with Crippen molar-refractivity contribution in [2.45, 2.75) is 6.42 Å². The first kappa shape index (κ1) is 15.1. The SMILES string of the molecule is COc1ccccc1N1CC(C(=O)Nc2ccccc2)CC1=O. The Morgan fingerprint density at radius 2 is 1.83 bits per heavy atom. The second-order valence-corrected chi connectivity index (χ2v) is 5.43. The summed E-state index contributed by atoms with van der Waals surface area (Å²) in [6.45, 7) is 0.359. The van der Waals surface area contributed by atoms with Crippen LogP contribution >= 0.6 is 0 Å². The maximum absolute atomic E-state index is 12.4. The number of methoxy groups -OCH3 is 1. The zero-order valence-corrected chi connectivity index (χ0v) is 12.9. The van der Waals surface area contributed by atoms with E-state index in [0.29, 0.717) is 18.0 Å². The number of para-hydroxylation sites is 3. The molecule has 1 N–H and O–H groups in total. The highest BCUT2D eigenvalue weighted by Gasteiger charge is 2.36. The third-order valence-corrected chi connectivity index (χ3v) is 3.91. The van der Waals surface area contributed by atoms with Crippen LogP contribution in [-0.2, 0) is 9.59 Å². The number of carbonyl (C=O) groups is 2. The first-order valence-corrected chi connectivity index (χ1v) is 7.48. The summed E-state index contributed by atoms with van der Waals surface area (Å²) in [5.41, 5.74) is 1.44. The third-order valence-electron chi connectivity index (χ3n) is 3.91. The molecule has 0 bridgehead atoms. The Balaban J connectivity index is 1.73. The van der Waals surface area contributed by atoms with Gasteiger partial charge >= 0.3 is 0 Å². The van der Waals surface area contributed by atoms with Crippen LogP contribution in [0.2, 0.25) is 0 Å². The molecule has 0 spiro atoms. The lowest BCUT2D eigenvalue weighted by molar-refractivity contribution is -0.122. The molecule has 0 radical (unpaired) electrons. The van der Waals surface area contributed by atoms with E-state index in [4.69, 9.17) is 4.74 Å². The largest absolute Gasteiger partial charge is 0.495 e. The molecule has 2 amide bonds. The number of benzene rings is 2.